The van der Waals surface area contributed by atoms with Crippen LogP contribution in [0.25, 0.3) is 10.9 Å². The van der Waals surface area contributed by atoms with E-state index in [9.17, 15) is 4.79 Å². The van der Waals surface area contributed by atoms with E-state index >= 15 is 0 Å². The molecule has 2 aromatic rings. The lowest BCUT2D eigenvalue weighted by Gasteiger charge is -2.33. The fourth-order valence-electron chi connectivity index (χ4n) is 2.39. The highest BCUT2D eigenvalue weighted by Gasteiger charge is 2.36. The summed E-state index contributed by atoms with van der Waals surface area (Å²) < 4.78 is 7.52. The Morgan fingerprint density at radius 2 is 2.26 bits per heavy atom. The summed E-state index contributed by atoms with van der Waals surface area (Å²) in [6.07, 6.45) is 3.57. The molecule has 1 aromatic heterocycles. The third-order valence-electron chi connectivity index (χ3n) is 3.59. The third-order valence-corrected chi connectivity index (χ3v) is 4.78. The molecule has 0 atom stereocenters. The molecule has 0 spiro atoms. The van der Waals surface area contributed by atoms with Gasteiger partial charge in [0.25, 0.3) is 0 Å². The molecule has 0 saturated heterocycles. The van der Waals surface area contributed by atoms with Gasteiger partial charge in [0.1, 0.15) is 0 Å². The molecule has 1 fully saturated rings. The zero-order valence-electron chi connectivity index (χ0n) is 10.3. The number of hydrogen-bond donors (Lipinski definition) is 0. The first-order valence-corrected chi connectivity index (χ1v) is 7.17. The van der Waals surface area contributed by atoms with E-state index in [1.807, 2.05) is 23.0 Å². The monoisotopic (exact) mass is 342 g/mol. The molecule has 6 heteroatoms. The lowest BCUT2D eigenvalue weighted by atomic mass is 9.80. The van der Waals surface area contributed by atoms with Crippen molar-refractivity contribution >= 4 is 44.4 Å². The Kier molecular flexibility index (Phi) is 3.27. The number of methoxy groups -OCH3 is 1. The van der Waals surface area contributed by atoms with Crippen molar-refractivity contribution in [3.05, 3.63) is 27.8 Å². The molecule has 1 aliphatic carbocycles. The van der Waals surface area contributed by atoms with Crippen LogP contribution in [0.4, 0.5) is 0 Å². The zero-order valence-corrected chi connectivity index (χ0v) is 12.6. The summed E-state index contributed by atoms with van der Waals surface area (Å²) >= 11 is 9.45. The van der Waals surface area contributed by atoms with Crippen molar-refractivity contribution in [2.24, 2.45) is 5.92 Å². The van der Waals surface area contributed by atoms with Crippen molar-refractivity contribution in [2.45, 2.75) is 18.9 Å². The highest BCUT2D eigenvalue weighted by atomic mass is 79.9. The quantitative estimate of drug-likeness (QED) is 0.783. The van der Waals surface area contributed by atoms with Crippen LogP contribution >= 0.6 is 27.5 Å². The van der Waals surface area contributed by atoms with Gasteiger partial charge in [-0.15, -0.1) is 0 Å². The molecule has 0 N–H and O–H groups in total. The lowest BCUT2D eigenvalue weighted by molar-refractivity contribution is -0.149. The van der Waals surface area contributed by atoms with Gasteiger partial charge in [-0.05, 0) is 40.9 Å². The van der Waals surface area contributed by atoms with E-state index in [4.69, 9.17) is 16.3 Å². The molecule has 3 rings (SSSR count). The van der Waals surface area contributed by atoms with Gasteiger partial charge in [-0.2, -0.15) is 5.10 Å². The average Bonchev–Trinajstić information content (AvgIpc) is 2.70. The van der Waals surface area contributed by atoms with Crippen LogP contribution in [0.2, 0.25) is 5.02 Å². The largest absolute Gasteiger partial charge is 0.469 e. The standard InChI is InChI=1S/C13H12BrClN2O2/c1-19-13(18)7-2-9(3-7)17-6-8-4-10(14)11(15)5-12(8)16-17/h4-7,9H,2-3H2,1H3. The number of benzene rings is 1. The molecular weight excluding hydrogens is 332 g/mol. The van der Waals surface area contributed by atoms with Crippen molar-refractivity contribution in [2.75, 3.05) is 7.11 Å². The number of halogens is 2. The van der Waals surface area contributed by atoms with Gasteiger partial charge in [0.05, 0.1) is 29.6 Å². The van der Waals surface area contributed by atoms with Crippen molar-refractivity contribution in [3.63, 3.8) is 0 Å². The van der Waals surface area contributed by atoms with E-state index in [0.29, 0.717) is 5.02 Å². The molecule has 0 aliphatic heterocycles. The van der Waals surface area contributed by atoms with E-state index in [1.165, 1.54) is 7.11 Å². The first-order valence-electron chi connectivity index (χ1n) is 6.00. The number of esters is 1. The number of nitrogens with zero attached hydrogens (tertiary/aromatic N) is 2. The first kappa shape index (κ1) is 12.9. The maximum absolute atomic E-state index is 11.4. The third kappa shape index (κ3) is 2.25. The summed E-state index contributed by atoms with van der Waals surface area (Å²) in [5.41, 5.74) is 0.870. The van der Waals surface area contributed by atoms with E-state index in [1.54, 1.807) is 0 Å². The molecule has 1 aromatic carbocycles. The Labute approximate surface area is 123 Å². The maximum atomic E-state index is 11.4. The minimum absolute atomic E-state index is 0.0117. The summed E-state index contributed by atoms with van der Waals surface area (Å²) in [5, 5.41) is 6.21. The number of carbonyl (C=O) groups is 1. The van der Waals surface area contributed by atoms with E-state index in [-0.39, 0.29) is 17.9 Å². The molecule has 4 nitrogen and oxygen atoms in total. The smallest absolute Gasteiger partial charge is 0.308 e. The minimum Gasteiger partial charge on any atom is -0.469 e. The second-order valence-electron chi connectivity index (χ2n) is 4.78. The topological polar surface area (TPSA) is 44.1 Å². The second kappa shape index (κ2) is 4.80. The van der Waals surface area contributed by atoms with Crippen molar-refractivity contribution in [1.29, 1.82) is 0 Å². The lowest BCUT2D eigenvalue weighted by Crippen LogP contribution is -2.33. The van der Waals surface area contributed by atoms with Gasteiger partial charge in [0, 0.05) is 16.1 Å². The summed E-state index contributed by atoms with van der Waals surface area (Å²) in [4.78, 5) is 11.4. The number of fused-ring (bicyclic) bond motifs is 1. The number of hydrogen-bond acceptors (Lipinski definition) is 3. The average molecular weight is 344 g/mol. The molecular formula is C13H12BrClN2O2. The van der Waals surface area contributed by atoms with Gasteiger partial charge in [-0.3, -0.25) is 9.48 Å². The van der Waals surface area contributed by atoms with Gasteiger partial charge in [0.15, 0.2) is 0 Å². The van der Waals surface area contributed by atoms with Crippen molar-refractivity contribution in [1.82, 2.24) is 9.78 Å². The fourth-order valence-corrected chi connectivity index (χ4v) is 2.91. The molecule has 0 unspecified atom stereocenters. The number of aromatic nitrogens is 2. The predicted octanol–water partition coefficient (Wildman–Crippen LogP) is 3.58. The van der Waals surface area contributed by atoms with Crippen LogP contribution in [0, 0.1) is 5.92 Å². The Morgan fingerprint density at radius 1 is 1.53 bits per heavy atom. The van der Waals surface area contributed by atoms with Crippen LogP contribution in [0.3, 0.4) is 0 Å². The van der Waals surface area contributed by atoms with Crippen LogP contribution in [-0.4, -0.2) is 22.9 Å². The van der Waals surface area contributed by atoms with Crippen molar-refractivity contribution < 1.29 is 9.53 Å². The van der Waals surface area contributed by atoms with Crippen LogP contribution in [0.5, 0.6) is 0 Å². The summed E-state index contributed by atoms with van der Waals surface area (Å²) in [6.45, 7) is 0. The van der Waals surface area contributed by atoms with Gasteiger partial charge in [-0.25, -0.2) is 0 Å². The summed E-state index contributed by atoms with van der Waals surface area (Å²) in [6, 6.07) is 4.07. The van der Waals surface area contributed by atoms with Gasteiger partial charge in [-0.1, -0.05) is 11.6 Å². The molecule has 1 saturated carbocycles. The van der Waals surface area contributed by atoms with Gasteiger partial charge in [0.2, 0.25) is 0 Å². The predicted molar refractivity (Wildman–Crippen MR) is 76.2 cm³/mol. The number of ether oxygens (including phenoxy) is 1. The normalized spacial score (nSPS) is 22.3. The summed E-state index contributed by atoms with van der Waals surface area (Å²) in [5.74, 6) is -0.114. The highest BCUT2D eigenvalue weighted by Crippen LogP contribution is 2.39. The van der Waals surface area contributed by atoms with Crippen LogP contribution in [0.1, 0.15) is 18.9 Å². The van der Waals surface area contributed by atoms with E-state index in [2.05, 4.69) is 21.0 Å². The molecule has 1 heterocycles. The minimum atomic E-state index is -0.126. The van der Waals surface area contributed by atoms with Gasteiger partial charge < -0.3 is 4.74 Å². The van der Waals surface area contributed by atoms with Crippen LogP contribution in [-0.2, 0) is 9.53 Å². The molecule has 1 aliphatic rings. The molecule has 0 radical (unpaired) electrons. The van der Waals surface area contributed by atoms with Gasteiger partial charge >= 0.3 is 5.97 Å². The zero-order chi connectivity index (χ0) is 13.6. The summed E-state index contributed by atoms with van der Waals surface area (Å²) in [7, 11) is 1.43. The molecule has 19 heavy (non-hydrogen) atoms. The maximum Gasteiger partial charge on any atom is 0.308 e. The molecule has 100 valence electrons. The molecule has 0 amide bonds. The number of rotatable bonds is 2. The Morgan fingerprint density at radius 3 is 2.95 bits per heavy atom. The Hall–Kier alpha value is -1.07. The highest BCUT2D eigenvalue weighted by molar-refractivity contribution is 9.10. The number of carbonyl (C=O) groups excluding carboxylic acids is 1. The molecule has 0 bridgehead atoms. The first-order chi connectivity index (χ1) is 9.08. The fraction of sp³-hybridized carbons (Fsp3) is 0.385. The Bertz CT molecular complexity index is 610. The Balaban J connectivity index is 1.82. The van der Waals surface area contributed by atoms with E-state index < -0.39 is 0 Å². The van der Waals surface area contributed by atoms with Crippen LogP contribution in [0.15, 0.2) is 22.8 Å². The van der Waals surface area contributed by atoms with Crippen molar-refractivity contribution in [3.8, 4) is 0 Å². The van der Waals surface area contributed by atoms with Crippen LogP contribution < -0.4 is 0 Å². The van der Waals surface area contributed by atoms with E-state index in [0.717, 1.165) is 28.2 Å². The second-order valence-corrected chi connectivity index (χ2v) is 6.04. The SMILES string of the molecule is COC(=O)C1CC(n2cc3cc(Br)c(Cl)cc3n2)C1.